The molecule has 0 saturated heterocycles. The van der Waals surface area contributed by atoms with Crippen LogP contribution in [0.2, 0.25) is 0 Å². The number of alkyl halides is 3. The second-order valence-electron chi connectivity index (χ2n) is 3.72. The van der Waals surface area contributed by atoms with E-state index in [9.17, 15) is 13.2 Å². The second-order valence-corrected chi connectivity index (χ2v) is 3.72. The van der Waals surface area contributed by atoms with Crippen molar-refractivity contribution in [2.75, 3.05) is 17.3 Å². The van der Waals surface area contributed by atoms with Crippen LogP contribution in [0.1, 0.15) is 5.56 Å². The molecular weight excluding hydrogens is 205 g/mol. The first-order chi connectivity index (χ1) is 6.89. The van der Waals surface area contributed by atoms with Gasteiger partial charge in [0.15, 0.2) is 6.17 Å². The molecule has 2 rings (SSSR count). The molecule has 1 heterocycles. The van der Waals surface area contributed by atoms with Crippen molar-refractivity contribution in [2.45, 2.75) is 19.3 Å². The highest BCUT2D eigenvalue weighted by atomic mass is 19.4. The van der Waals surface area contributed by atoms with Crippen LogP contribution in [0.4, 0.5) is 24.5 Å². The zero-order valence-corrected chi connectivity index (χ0v) is 8.39. The summed E-state index contributed by atoms with van der Waals surface area (Å²) in [6.45, 7) is 1.85. The summed E-state index contributed by atoms with van der Waals surface area (Å²) >= 11 is 0. The van der Waals surface area contributed by atoms with Crippen LogP contribution in [-0.2, 0) is 0 Å². The molecule has 1 unspecified atom stereocenters. The summed E-state index contributed by atoms with van der Waals surface area (Å²) in [4.78, 5) is 1.20. The van der Waals surface area contributed by atoms with E-state index in [-0.39, 0.29) is 0 Å². The zero-order valence-electron chi connectivity index (χ0n) is 8.39. The van der Waals surface area contributed by atoms with Gasteiger partial charge in [-0.1, -0.05) is 6.07 Å². The minimum absolute atomic E-state index is 0.542. The van der Waals surface area contributed by atoms with Crippen LogP contribution in [0, 0.1) is 6.92 Å². The minimum atomic E-state index is -4.26. The number of hydrogen-bond donors (Lipinski definition) is 1. The molecule has 2 nitrogen and oxygen atoms in total. The van der Waals surface area contributed by atoms with Crippen LogP contribution in [0.3, 0.4) is 0 Å². The van der Waals surface area contributed by atoms with Gasteiger partial charge in [-0.15, -0.1) is 0 Å². The fraction of sp³-hybridized carbons (Fsp3) is 0.400. The fourth-order valence-corrected chi connectivity index (χ4v) is 1.76. The second kappa shape index (κ2) is 3.05. The topological polar surface area (TPSA) is 15.3 Å². The predicted octanol–water partition coefficient (Wildman–Crippen LogP) is 2.75. The van der Waals surface area contributed by atoms with E-state index >= 15 is 0 Å². The van der Waals surface area contributed by atoms with Crippen LogP contribution in [-0.4, -0.2) is 19.4 Å². The quantitative estimate of drug-likeness (QED) is 0.717. The van der Waals surface area contributed by atoms with Gasteiger partial charge in [0.2, 0.25) is 0 Å². The average molecular weight is 216 g/mol. The van der Waals surface area contributed by atoms with E-state index in [0.717, 1.165) is 5.56 Å². The van der Waals surface area contributed by atoms with Gasteiger partial charge < -0.3 is 10.2 Å². The Balaban J connectivity index is 2.37. The molecule has 1 N–H and O–H groups in total. The molecule has 0 bridgehead atoms. The first-order valence-corrected chi connectivity index (χ1v) is 4.56. The lowest BCUT2D eigenvalue weighted by molar-refractivity contribution is -0.140. The van der Waals surface area contributed by atoms with Crippen molar-refractivity contribution < 1.29 is 13.2 Å². The lowest BCUT2D eigenvalue weighted by Crippen LogP contribution is -2.45. The molecule has 0 aromatic heterocycles. The Kier molecular flexibility index (Phi) is 2.06. The minimum Gasteiger partial charge on any atom is -0.356 e. The number of halogens is 3. The van der Waals surface area contributed by atoms with E-state index in [0.29, 0.717) is 11.4 Å². The van der Waals surface area contributed by atoms with Gasteiger partial charge in [0.05, 0.1) is 11.4 Å². The summed E-state index contributed by atoms with van der Waals surface area (Å²) < 4.78 is 37.7. The van der Waals surface area contributed by atoms with Crippen molar-refractivity contribution in [3.05, 3.63) is 23.8 Å². The van der Waals surface area contributed by atoms with Crippen molar-refractivity contribution in [3.63, 3.8) is 0 Å². The van der Waals surface area contributed by atoms with E-state index in [1.165, 1.54) is 11.9 Å². The Hall–Kier alpha value is -1.39. The molecule has 1 aromatic carbocycles. The van der Waals surface area contributed by atoms with Gasteiger partial charge in [-0.3, -0.25) is 0 Å². The highest BCUT2D eigenvalue weighted by Crippen LogP contribution is 2.39. The van der Waals surface area contributed by atoms with Crippen LogP contribution in [0.15, 0.2) is 18.2 Å². The third kappa shape index (κ3) is 1.62. The maximum Gasteiger partial charge on any atom is 0.427 e. The van der Waals surface area contributed by atoms with Gasteiger partial charge in [0, 0.05) is 7.05 Å². The number of hydrogen-bond acceptors (Lipinski definition) is 2. The number of nitrogens with one attached hydrogen (secondary N) is 1. The van der Waals surface area contributed by atoms with Gasteiger partial charge in [-0.2, -0.15) is 13.2 Å². The van der Waals surface area contributed by atoms with Crippen molar-refractivity contribution in [1.82, 2.24) is 0 Å². The molecule has 1 aliphatic heterocycles. The van der Waals surface area contributed by atoms with E-state index in [1.54, 1.807) is 18.2 Å². The first kappa shape index (κ1) is 10.1. The molecule has 1 aromatic rings. The van der Waals surface area contributed by atoms with Crippen LogP contribution >= 0.6 is 0 Å². The third-order valence-electron chi connectivity index (χ3n) is 2.52. The smallest absolute Gasteiger partial charge is 0.356 e. The standard InChI is InChI=1S/C10H11F3N2/c1-6-3-4-8-7(5-6)14-9(15(8)2)10(11,12)13/h3-5,9,14H,1-2H3. The van der Waals surface area contributed by atoms with Crippen molar-refractivity contribution >= 4 is 11.4 Å². The molecule has 0 amide bonds. The summed E-state index contributed by atoms with van der Waals surface area (Å²) in [7, 11) is 1.44. The Bertz CT molecular complexity index is 387. The SMILES string of the molecule is Cc1ccc2c(c1)NC(C(F)(F)F)N2C. The van der Waals surface area contributed by atoms with Crippen molar-refractivity contribution in [3.8, 4) is 0 Å². The molecule has 0 aliphatic carbocycles. The lowest BCUT2D eigenvalue weighted by Gasteiger charge is -2.24. The maximum atomic E-state index is 12.6. The molecule has 0 radical (unpaired) electrons. The van der Waals surface area contributed by atoms with Crippen molar-refractivity contribution in [2.24, 2.45) is 0 Å². The van der Waals surface area contributed by atoms with Gasteiger partial charge in [0.25, 0.3) is 0 Å². The summed E-state index contributed by atoms with van der Waals surface area (Å²) in [6, 6.07) is 5.22. The van der Waals surface area contributed by atoms with Crippen LogP contribution in [0.25, 0.3) is 0 Å². The summed E-state index contributed by atoms with van der Waals surface area (Å²) in [5.74, 6) is 0. The molecule has 1 atom stereocenters. The van der Waals surface area contributed by atoms with Crippen LogP contribution < -0.4 is 10.2 Å². The Morgan fingerprint density at radius 1 is 1.33 bits per heavy atom. The average Bonchev–Trinajstić information content (AvgIpc) is 2.42. The highest BCUT2D eigenvalue weighted by Gasteiger charge is 2.46. The largest absolute Gasteiger partial charge is 0.427 e. The van der Waals surface area contributed by atoms with E-state index < -0.39 is 12.3 Å². The number of anilines is 2. The molecule has 1 aliphatic rings. The molecular formula is C10H11F3N2. The monoisotopic (exact) mass is 216 g/mol. The first-order valence-electron chi connectivity index (χ1n) is 4.56. The van der Waals surface area contributed by atoms with Crippen LogP contribution in [0.5, 0.6) is 0 Å². The zero-order chi connectivity index (χ0) is 11.2. The lowest BCUT2D eigenvalue weighted by atomic mass is 10.2. The van der Waals surface area contributed by atoms with E-state index in [4.69, 9.17) is 0 Å². The van der Waals surface area contributed by atoms with Gasteiger partial charge in [-0.25, -0.2) is 0 Å². The molecule has 5 heteroatoms. The fourth-order valence-electron chi connectivity index (χ4n) is 1.76. The molecule has 0 fully saturated rings. The predicted molar refractivity (Wildman–Crippen MR) is 53.0 cm³/mol. The summed E-state index contributed by atoms with van der Waals surface area (Å²) in [5, 5.41) is 2.47. The summed E-state index contributed by atoms with van der Waals surface area (Å²) in [6.07, 6.45) is -5.88. The van der Waals surface area contributed by atoms with E-state index in [2.05, 4.69) is 5.32 Å². The molecule has 0 spiro atoms. The molecule has 15 heavy (non-hydrogen) atoms. The molecule has 0 saturated carbocycles. The number of rotatable bonds is 0. The van der Waals surface area contributed by atoms with Gasteiger partial charge in [-0.05, 0) is 24.6 Å². The highest BCUT2D eigenvalue weighted by molar-refractivity contribution is 5.76. The Labute approximate surface area is 85.7 Å². The van der Waals surface area contributed by atoms with Gasteiger partial charge >= 0.3 is 6.18 Å². The number of nitrogens with zero attached hydrogens (tertiary/aromatic N) is 1. The summed E-state index contributed by atoms with van der Waals surface area (Å²) in [5.41, 5.74) is 2.07. The number of fused-ring (bicyclic) bond motifs is 1. The number of benzene rings is 1. The number of aryl methyl sites for hydroxylation is 1. The van der Waals surface area contributed by atoms with E-state index in [1.807, 2.05) is 6.92 Å². The Morgan fingerprint density at radius 2 is 2.00 bits per heavy atom. The normalized spacial score (nSPS) is 20.1. The van der Waals surface area contributed by atoms with Crippen molar-refractivity contribution in [1.29, 1.82) is 0 Å². The van der Waals surface area contributed by atoms with Gasteiger partial charge in [0.1, 0.15) is 0 Å². The molecule has 82 valence electrons. The third-order valence-corrected chi connectivity index (χ3v) is 2.52. The Morgan fingerprint density at radius 3 is 2.60 bits per heavy atom. The maximum absolute atomic E-state index is 12.6.